The van der Waals surface area contributed by atoms with Crippen molar-refractivity contribution in [3.05, 3.63) is 74.9 Å². The van der Waals surface area contributed by atoms with E-state index in [4.69, 9.17) is 0 Å². The minimum atomic E-state index is -5.94. The number of amides is 2. The Hall–Kier alpha value is -4.79. The predicted octanol–water partition coefficient (Wildman–Crippen LogP) is 4.68. The Balaban J connectivity index is 1.75. The summed E-state index contributed by atoms with van der Waals surface area (Å²) in [6.07, 6.45) is -4.53. The first-order valence-corrected chi connectivity index (χ1v) is 13.3. The Bertz CT molecular complexity index is 1790. The van der Waals surface area contributed by atoms with Crippen molar-refractivity contribution < 1.29 is 31.5 Å². The van der Waals surface area contributed by atoms with Crippen molar-refractivity contribution in [3.8, 4) is 11.9 Å². The molecule has 0 aliphatic carbocycles. The van der Waals surface area contributed by atoms with Gasteiger partial charge >= 0.3 is 12.1 Å². The molecule has 44 heavy (non-hydrogen) atoms. The number of rotatable bonds is 7. The quantitative estimate of drug-likeness (QED) is 0.267. The van der Waals surface area contributed by atoms with Crippen LogP contribution in [0, 0.1) is 18.3 Å². The van der Waals surface area contributed by atoms with Gasteiger partial charge in [0.25, 0.3) is 17.6 Å². The average Bonchev–Trinajstić information content (AvgIpc) is 3.56. The van der Waals surface area contributed by atoms with Crippen molar-refractivity contribution >= 4 is 33.4 Å². The van der Waals surface area contributed by atoms with Gasteiger partial charge in [0.05, 0.1) is 33.1 Å². The number of hydrogen-bond acceptors (Lipinski definition) is 8. The van der Waals surface area contributed by atoms with Gasteiger partial charge in [0.1, 0.15) is 12.2 Å². The van der Waals surface area contributed by atoms with Gasteiger partial charge in [0, 0.05) is 11.7 Å². The van der Waals surface area contributed by atoms with Crippen LogP contribution in [0.2, 0.25) is 0 Å². The molecule has 0 aliphatic rings. The Morgan fingerprint density at radius 2 is 1.77 bits per heavy atom. The van der Waals surface area contributed by atoms with E-state index in [9.17, 15) is 36.8 Å². The predicted molar refractivity (Wildman–Crippen MR) is 147 cm³/mol. The SMILES string of the molecule is Cc1cc(C#N)cc(C(=O)NC(C)(C)C)c1NC(=O)c1cc(Cn2nnc(C(F)(F)C(F)(F)F)n2)nn1-c1ncccc1Br. The van der Waals surface area contributed by atoms with E-state index in [1.165, 1.54) is 24.4 Å². The molecule has 0 atom stereocenters. The topological polar surface area (TPSA) is 156 Å². The lowest BCUT2D eigenvalue weighted by Crippen LogP contribution is -2.41. The lowest BCUT2D eigenvalue weighted by Gasteiger charge is -2.22. The van der Waals surface area contributed by atoms with Crippen LogP contribution in [0.5, 0.6) is 0 Å². The minimum Gasteiger partial charge on any atom is -0.347 e. The molecule has 0 radical (unpaired) electrons. The Morgan fingerprint density at radius 3 is 2.39 bits per heavy atom. The number of nitrogens with one attached hydrogen (secondary N) is 2. The smallest absolute Gasteiger partial charge is 0.347 e. The van der Waals surface area contributed by atoms with Crippen LogP contribution in [-0.4, -0.2) is 58.5 Å². The third-order valence-corrected chi connectivity index (χ3v) is 6.38. The number of alkyl halides is 5. The largest absolute Gasteiger partial charge is 0.461 e. The Morgan fingerprint density at radius 1 is 1.07 bits per heavy atom. The van der Waals surface area contributed by atoms with Crippen molar-refractivity contribution in [2.45, 2.75) is 51.9 Å². The molecule has 4 aromatic rings. The maximum absolute atomic E-state index is 13.7. The zero-order chi connectivity index (χ0) is 32.6. The summed E-state index contributed by atoms with van der Waals surface area (Å²) in [5.41, 5.74) is -0.151. The molecule has 0 spiro atoms. The van der Waals surface area contributed by atoms with Crippen molar-refractivity contribution in [1.82, 2.24) is 40.3 Å². The highest BCUT2D eigenvalue weighted by atomic mass is 79.9. The second-order valence-corrected chi connectivity index (χ2v) is 11.3. The molecule has 0 aliphatic heterocycles. The molecular weight excluding hydrogens is 659 g/mol. The van der Waals surface area contributed by atoms with Crippen LogP contribution in [-0.2, 0) is 12.5 Å². The number of hydrogen-bond donors (Lipinski definition) is 2. The number of aromatic nitrogens is 7. The zero-order valence-corrected chi connectivity index (χ0v) is 24.9. The summed E-state index contributed by atoms with van der Waals surface area (Å²) in [4.78, 5) is 31.5. The molecule has 0 saturated heterocycles. The van der Waals surface area contributed by atoms with E-state index >= 15 is 0 Å². The molecule has 230 valence electrons. The van der Waals surface area contributed by atoms with Crippen LogP contribution in [0.15, 0.2) is 41.0 Å². The van der Waals surface area contributed by atoms with Gasteiger partial charge in [-0.1, -0.05) is 0 Å². The summed E-state index contributed by atoms with van der Waals surface area (Å²) in [5.74, 6) is -8.42. The maximum atomic E-state index is 13.7. The second kappa shape index (κ2) is 11.7. The standard InChI is InChI=1S/C26H22BrF5N10O2/c1-13-8-14(11-33)9-16(21(43)36-24(2,3)4)19(13)35-22(44)18-10-15(38-42(18)20-17(27)6-5-7-34-20)12-41-39-23(37-40-41)25(28,29)26(30,31)32/h5-10H,12H2,1-4H3,(H,35,44)(H,36,43). The van der Waals surface area contributed by atoms with E-state index in [1.54, 1.807) is 39.8 Å². The molecule has 0 unspecified atom stereocenters. The molecule has 1 aromatic carbocycles. The molecule has 18 heteroatoms. The zero-order valence-electron chi connectivity index (χ0n) is 23.3. The number of benzene rings is 1. The maximum Gasteiger partial charge on any atom is 0.461 e. The first-order valence-electron chi connectivity index (χ1n) is 12.5. The molecule has 12 nitrogen and oxygen atoms in total. The molecule has 4 rings (SSSR count). The van der Waals surface area contributed by atoms with Crippen molar-refractivity contribution in [3.63, 3.8) is 0 Å². The fourth-order valence-electron chi connectivity index (χ4n) is 3.85. The molecule has 0 fully saturated rings. The highest BCUT2D eigenvalue weighted by Gasteiger charge is 2.62. The lowest BCUT2D eigenvalue weighted by molar-refractivity contribution is -0.292. The van der Waals surface area contributed by atoms with Gasteiger partial charge in [0.15, 0.2) is 5.82 Å². The third kappa shape index (κ3) is 6.72. The van der Waals surface area contributed by atoms with Crippen LogP contribution in [0.4, 0.5) is 27.6 Å². The third-order valence-electron chi connectivity index (χ3n) is 5.76. The molecule has 2 N–H and O–H groups in total. The molecule has 3 heterocycles. The average molecular weight is 681 g/mol. The lowest BCUT2D eigenvalue weighted by atomic mass is 10.0. The van der Waals surface area contributed by atoms with E-state index in [0.717, 1.165) is 4.68 Å². The van der Waals surface area contributed by atoms with Crippen LogP contribution in [0.25, 0.3) is 5.82 Å². The molecule has 2 amide bonds. The summed E-state index contributed by atoms with van der Waals surface area (Å²) in [6.45, 7) is 6.31. The van der Waals surface area contributed by atoms with Gasteiger partial charge in [-0.05, 0) is 84.7 Å². The summed E-state index contributed by atoms with van der Waals surface area (Å²) >= 11 is 3.32. The Labute approximate surface area is 254 Å². The van der Waals surface area contributed by atoms with Crippen molar-refractivity contribution in [2.75, 3.05) is 5.32 Å². The minimum absolute atomic E-state index is 0.0140. The first kappa shape index (κ1) is 32.1. The number of carbonyl (C=O) groups excluding carboxylic acids is 2. The number of aryl methyl sites for hydroxylation is 1. The molecule has 0 bridgehead atoms. The van der Waals surface area contributed by atoms with Crippen LogP contribution in [0.3, 0.4) is 0 Å². The van der Waals surface area contributed by atoms with E-state index < -0.39 is 41.8 Å². The molecule has 0 saturated carbocycles. The number of pyridine rings is 1. The fourth-order valence-corrected chi connectivity index (χ4v) is 4.28. The van der Waals surface area contributed by atoms with Gasteiger partial charge < -0.3 is 10.6 Å². The monoisotopic (exact) mass is 680 g/mol. The summed E-state index contributed by atoms with van der Waals surface area (Å²) in [7, 11) is 0. The van der Waals surface area contributed by atoms with Gasteiger partial charge in [-0.15, -0.1) is 10.2 Å². The highest BCUT2D eigenvalue weighted by Crippen LogP contribution is 2.41. The van der Waals surface area contributed by atoms with Gasteiger partial charge in [-0.2, -0.15) is 37.1 Å². The Kier molecular flexibility index (Phi) is 8.55. The normalized spacial score (nSPS) is 12.1. The fraction of sp³-hybridized carbons (Fsp3) is 0.308. The summed E-state index contributed by atoms with van der Waals surface area (Å²) in [5, 5.41) is 28.4. The van der Waals surface area contributed by atoms with E-state index in [0.29, 0.717) is 14.8 Å². The van der Waals surface area contributed by atoms with Gasteiger partial charge in [-0.25, -0.2) is 9.67 Å². The van der Waals surface area contributed by atoms with Gasteiger partial charge in [0.2, 0.25) is 0 Å². The first-order chi connectivity index (χ1) is 20.4. The summed E-state index contributed by atoms with van der Waals surface area (Å²) < 4.78 is 67.1. The molecule has 3 aromatic heterocycles. The number of halogens is 6. The van der Waals surface area contributed by atoms with Gasteiger partial charge in [-0.3, -0.25) is 9.59 Å². The van der Waals surface area contributed by atoms with E-state index in [1.807, 2.05) is 6.07 Å². The number of nitriles is 1. The van der Waals surface area contributed by atoms with Crippen LogP contribution < -0.4 is 10.6 Å². The van der Waals surface area contributed by atoms with E-state index in [-0.39, 0.29) is 34.0 Å². The van der Waals surface area contributed by atoms with E-state index in [2.05, 4.69) is 52.1 Å². The number of tetrazole rings is 1. The van der Waals surface area contributed by atoms with Crippen LogP contribution >= 0.6 is 15.9 Å². The number of carbonyl (C=O) groups is 2. The highest BCUT2D eigenvalue weighted by molar-refractivity contribution is 9.10. The number of nitrogens with zero attached hydrogens (tertiary/aromatic N) is 8. The molecular formula is C26H22BrF5N10O2. The number of anilines is 1. The van der Waals surface area contributed by atoms with Crippen LogP contribution in [0.1, 0.15) is 64.3 Å². The van der Waals surface area contributed by atoms with Crippen molar-refractivity contribution in [2.24, 2.45) is 0 Å². The summed E-state index contributed by atoms with van der Waals surface area (Å²) in [6, 6.07) is 9.20. The van der Waals surface area contributed by atoms with Crippen molar-refractivity contribution in [1.29, 1.82) is 5.26 Å². The second-order valence-electron chi connectivity index (χ2n) is 10.4.